The van der Waals surface area contributed by atoms with Gasteiger partial charge in [-0.3, -0.25) is 4.79 Å². The minimum atomic E-state index is -0.0721. The van der Waals surface area contributed by atoms with Crippen LogP contribution in [0.25, 0.3) is 0 Å². The zero-order valence-corrected chi connectivity index (χ0v) is 9.30. The van der Waals surface area contributed by atoms with Crippen LogP contribution in [0.5, 0.6) is 5.88 Å². The van der Waals surface area contributed by atoms with Crippen LogP contribution in [0.3, 0.4) is 0 Å². The quantitative estimate of drug-likeness (QED) is 0.769. The van der Waals surface area contributed by atoms with E-state index in [-0.39, 0.29) is 11.2 Å². The number of thioether (sulfide) groups is 1. The Morgan fingerprint density at radius 2 is 2.40 bits per heavy atom. The molecule has 1 atom stereocenters. The first kappa shape index (κ1) is 10.2. The average molecular weight is 225 g/mol. The van der Waals surface area contributed by atoms with Crippen LogP contribution < -0.4 is 10.1 Å². The molecule has 1 amide bonds. The van der Waals surface area contributed by atoms with E-state index in [2.05, 4.69) is 15.3 Å². The van der Waals surface area contributed by atoms with E-state index in [4.69, 9.17) is 4.74 Å². The molecule has 1 aliphatic rings. The molecule has 1 aliphatic heterocycles. The molecule has 0 bridgehead atoms. The van der Waals surface area contributed by atoms with Crippen molar-refractivity contribution in [2.24, 2.45) is 0 Å². The van der Waals surface area contributed by atoms with Gasteiger partial charge in [0.15, 0.2) is 0 Å². The number of rotatable bonds is 2. The lowest BCUT2D eigenvalue weighted by Gasteiger charge is -2.22. The largest absolute Gasteiger partial charge is 0.479 e. The van der Waals surface area contributed by atoms with Crippen LogP contribution in [0.4, 0.5) is 5.69 Å². The van der Waals surface area contributed by atoms with Gasteiger partial charge in [0.2, 0.25) is 11.8 Å². The fourth-order valence-electron chi connectivity index (χ4n) is 1.37. The number of aromatic nitrogens is 2. The predicted molar refractivity (Wildman–Crippen MR) is 57.1 cm³/mol. The van der Waals surface area contributed by atoms with E-state index < -0.39 is 0 Å². The topological polar surface area (TPSA) is 64.1 Å². The Balaban J connectivity index is 2.39. The number of nitrogens with one attached hydrogen (secondary N) is 1. The Hall–Kier alpha value is -1.30. The van der Waals surface area contributed by atoms with Gasteiger partial charge in [0, 0.05) is 0 Å². The summed E-state index contributed by atoms with van der Waals surface area (Å²) < 4.78 is 5.05. The number of carbonyl (C=O) groups excluding carboxylic acids is 1. The molecular weight excluding hydrogens is 214 g/mol. The van der Waals surface area contributed by atoms with E-state index in [0.717, 1.165) is 11.4 Å². The lowest BCUT2D eigenvalue weighted by molar-refractivity contribution is -0.115. The van der Waals surface area contributed by atoms with Crippen molar-refractivity contribution >= 4 is 23.4 Å². The fraction of sp³-hybridized carbons (Fsp3) is 0.444. The monoisotopic (exact) mass is 225 g/mol. The third kappa shape index (κ3) is 1.77. The van der Waals surface area contributed by atoms with Crippen LogP contribution in [0.1, 0.15) is 13.3 Å². The maximum Gasteiger partial charge on any atom is 0.241 e. The third-order valence-corrected chi connectivity index (χ3v) is 3.50. The molecule has 0 saturated carbocycles. The molecule has 1 unspecified atom stereocenters. The van der Waals surface area contributed by atoms with Gasteiger partial charge in [0.25, 0.3) is 0 Å². The number of hydrogen-bond donors (Lipinski definition) is 1. The molecule has 80 valence electrons. The summed E-state index contributed by atoms with van der Waals surface area (Å²) in [5.74, 6) is 0.401. The molecule has 2 rings (SSSR count). The summed E-state index contributed by atoms with van der Waals surface area (Å²) in [5, 5.41) is 3.47. The number of amides is 1. The van der Waals surface area contributed by atoms with Crippen molar-refractivity contribution in [3.05, 3.63) is 6.33 Å². The highest BCUT2D eigenvalue weighted by atomic mass is 32.2. The maximum atomic E-state index is 11.6. The van der Waals surface area contributed by atoms with Crippen LogP contribution in [0.2, 0.25) is 0 Å². The first-order valence-electron chi connectivity index (χ1n) is 4.62. The normalized spacial score (nSPS) is 19.3. The fourth-order valence-corrected chi connectivity index (χ4v) is 2.33. The summed E-state index contributed by atoms with van der Waals surface area (Å²) in [6.07, 6.45) is 2.22. The molecule has 15 heavy (non-hydrogen) atoms. The Morgan fingerprint density at radius 1 is 1.60 bits per heavy atom. The Bertz CT molecular complexity index is 397. The molecule has 0 fully saturated rings. The van der Waals surface area contributed by atoms with Crippen LogP contribution in [-0.4, -0.2) is 28.2 Å². The van der Waals surface area contributed by atoms with Gasteiger partial charge in [-0.25, -0.2) is 4.98 Å². The summed E-state index contributed by atoms with van der Waals surface area (Å²) in [6.45, 7) is 1.97. The van der Waals surface area contributed by atoms with Gasteiger partial charge in [-0.2, -0.15) is 4.98 Å². The zero-order valence-electron chi connectivity index (χ0n) is 8.48. The van der Waals surface area contributed by atoms with Crippen LogP contribution in [0, 0.1) is 0 Å². The van der Waals surface area contributed by atoms with Gasteiger partial charge >= 0.3 is 0 Å². The molecule has 2 heterocycles. The van der Waals surface area contributed by atoms with Gasteiger partial charge in [-0.15, -0.1) is 0 Å². The smallest absolute Gasteiger partial charge is 0.241 e. The number of anilines is 1. The Labute approximate surface area is 91.6 Å². The summed E-state index contributed by atoms with van der Waals surface area (Å²) in [6, 6.07) is 0. The van der Waals surface area contributed by atoms with Gasteiger partial charge in [-0.05, 0) is 6.42 Å². The lowest BCUT2D eigenvalue weighted by Crippen LogP contribution is -2.29. The minimum absolute atomic E-state index is 0.0110. The third-order valence-electron chi connectivity index (χ3n) is 2.14. The molecule has 5 nitrogen and oxygen atoms in total. The van der Waals surface area contributed by atoms with E-state index in [1.165, 1.54) is 25.2 Å². The highest BCUT2D eigenvalue weighted by Crippen LogP contribution is 2.38. The van der Waals surface area contributed by atoms with Crippen molar-refractivity contribution in [2.75, 3.05) is 12.4 Å². The average Bonchev–Trinajstić information content (AvgIpc) is 2.27. The number of nitrogens with zero attached hydrogens (tertiary/aromatic N) is 2. The van der Waals surface area contributed by atoms with Crippen LogP contribution >= 0.6 is 11.8 Å². The molecule has 0 aromatic carbocycles. The van der Waals surface area contributed by atoms with Gasteiger partial charge in [0.1, 0.15) is 17.0 Å². The van der Waals surface area contributed by atoms with Crippen molar-refractivity contribution in [2.45, 2.75) is 23.6 Å². The standard InChI is InChI=1S/C9H11N3O2S/c1-3-5-7(13)12-6-8(14-2)10-4-11-9(6)15-5/h4-5H,3H2,1-2H3,(H,12,13). The summed E-state index contributed by atoms with van der Waals surface area (Å²) >= 11 is 1.45. The minimum Gasteiger partial charge on any atom is -0.479 e. The molecule has 0 radical (unpaired) electrons. The maximum absolute atomic E-state index is 11.6. The second-order valence-corrected chi connectivity index (χ2v) is 4.26. The van der Waals surface area contributed by atoms with Crippen molar-refractivity contribution in [1.29, 1.82) is 0 Å². The summed E-state index contributed by atoms with van der Waals surface area (Å²) in [4.78, 5) is 19.7. The van der Waals surface area contributed by atoms with Crippen molar-refractivity contribution in [3.8, 4) is 5.88 Å². The molecule has 6 heteroatoms. The molecule has 0 saturated heterocycles. The van der Waals surface area contributed by atoms with Gasteiger partial charge in [-0.1, -0.05) is 18.7 Å². The Kier molecular flexibility index (Phi) is 2.77. The highest BCUT2D eigenvalue weighted by molar-refractivity contribution is 8.00. The Morgan fingerprint density at radius 3 is 3.07 bits per heavy atom. The number of carbonyl (C=O) groups is 1. The lowest BCUT2D eigenvalue weighted by atomic mass is 10.3. The van der Waals surface area contributed by atoms with E-state index in [9.17, 15) is 4.79 Å². The summed E-state index contributed by atoms with van der Waals surface area (Å²) in [7, 11) is 1.52. The molecule has 0 spiro atoms. The van der Waals surface area contributed by atoms with Gasteiger partial charge in [0.05, 0.1) is 12.4 Å². The van der Waals surface area contributed by atoms with Crippen molar-refractivity contribution in [1.82, 2.24) is 9.97 Å². The molecule has 1 aromatic heterocycles. The van der Waals surface area contributed by atoms with E-state index in [0.29, 0.717) is 11.6 Å². The first-order valence-corrected chi connectivity index (χ1v) is 5.50. The van der Waals surface area contributed by atoms with Gasteiger partial charge < -0.3 is 10.1 Å². The molecule has 0 aliphatic carbocycles. The SMILES string of the molecule is CCC1Sc2ncnc(OC)c2NC1=O. The molecule has 1 N–H and O–H groups in total. The zero-order chi connectivity index (χ0) is 10.8. The predicted octanol–water partition coefficient (Wildman–Crippen LogP) is 1.31. The first-order chi connectivity index (χ1) is 7.26. The second kappa shape index (κ2) is 4.06. The number of hydrogen-bond acceptors (Lipinski definition) is 5. The van der Waals surface area contributed by atoms with E-state index >= 15 is 0 Å². The van der Waals surface area contributed by atoms with Crippen LogP contribution in [0.15, 0.2) is 11.4 Å². The number of methoxy groups -OCH3 is 1. The van der Waals surface area contributed by atoms with E-state index in [1.54, 1.807) is 0 Å². The van der Waals surface area contributed by atoms with Crippen LogP contribution in [-0.2, 0) is 4.79 Å². The van der Waals surface area contributed by atoms with E-state index in [1.807, 2.05) is 6.92 Å². The number of ether oxygens (including phenoxy) is 1. The molecular formula is C9H11N3O2S. The van der Waals surface area contributed by atoms with Crippen molar-refractivity contribution < 1.29 is 9.53 Å². The number of fused-ring (bicyclic) bond motifs is 1. The van der Waals surface area contributed by atoms with Crippen molar-refractivity contribution in [3.63, 3.8) is 0 Å². The molecule has 1 aromatic rings. The highest BCUT2D eigenvalue weighted by Gasteiger charge is 2.29. The summed E-state index contributed by atoms with van der Waals surface area (Å²) in [5.41, 5.74) is 0.583. The second-order valence-electron chi connectivity index (χ2n) is 3.07.